The Hall–Kier alpha value is -3.80. The zero-order valence-corrected chi connectivity index (χ0v) is 23.0. The molecule has 0 fully saturated rings. The molecule has 0 atom stereocenters. The largest absolute Gasteiger partial charge is 0.324 e. The number of hydrogen-bond donors (Lipinski definition) is 2. The lowest BCUT2D eigenvalue weighted by atomic mass is 9.97. The molecule has 0 bridgehead atoms. The fourth-order valence-corrected chi connectivity index (χ4v) is 5.07. The third-order valence-corrected chi connectivity index (χ3v) is 7.26. The Labute approximate surface area is 231 Å². The van der Waals surface area contributed by atoms with Gasteiger partial charge >= 0.3 is 0 Å². The first kappa shape index (κ1) is 28.2. The lowest BCUT2D eigenvalue weighted by Gasteiger charge is -2.18. The number of rotatable bonds is 15. The predicted molar refractivity (Wildman–Crippen MR) is 161 cm³/mol. The molecule has 2 heterocycles. The third kappa shape index (κ3) is 8.09. The van der Waals surface area contributed by atoms with E-state index in [0.29, 0.717) is 28.8 Å². The molecule has 4 aromatic rings. The molecule has 6 heteroatoms. The first-order valence-corrected chi connectivity index (χ1v) is 14.5. The number of benzene rings is 2. The zero-order valence-electron chi connectivity index (χ0n) is 23.0. The highest BCUT2D eigenvalue weighted by molar-refractivity contribution is 6.14. The second-order valence-electron chi connectivity index (χ2n) is 10.3. The summed E-state index contributed by atoms with van der Waals surface area (Å²) in [5.74, 6) is -1.44. The van der Waals surface area contributed by atoms with Crippen molar-refractivity contribution in [3.8, 4) is 0 Å². The molecular formula is C33H40N4O2. The van der Waals surface area contributed by atoms with E-state index in [1.807, 2.05) is 60.7 Å². The Balaban J connectivity index is 1.41. The number of fused-ring (bicyclic) bond motifs is 2. The average molecular weight is 525 g/mol. The summed E-state index contributed by atoms with van der Waals surface area (Å²) in [7, 11) is 0. The van der Waals surface area contributed by atoms with Crippen LogP contribution in [0.4, 0.5) is 11.4 Å². The summed E-state index contributed by atoms with van der Waals surface area (Å²) in [6.45, 7) is 2.24. The van der Waals surface area contributed by atoms with Crippen LogP contribution in [0.3, 0.4) is 0 Å². The number of nitrogens with zero attached hydrogens (tertiary/aromatic N) is 2. The molecule has 204 valence electrons. The minimum atomic E-state index is -0.822. The Morgan fingerprint density at radius 2 is 1.05 bits per heavy atom. The lowest BCUT2D eigenvalue weighted by Crippen LogP contribution is -2.34. The smallest absolute Gasteiger partial charge is 0.237 e. The van der Waals surface area contributed by atoms with Crippen molar-refractivity contribution < 1.29 is 9.59 Å². The van der Waals surface area contributed by atoms with Gasteiger partial charge in [-0.15, -0.1) is 0 Å². The normalized spacial score (nSPS) is 11.2. The van der Waals surface area contributed by atoms with E-state index in [0.717, 1.165) is 30.0 Å². The number of amides is 2. The topological polar surface area (TPSA) is 84.0 Å². The van der Waals surface area contributed by atoms with Crippen molar-refractivity contribution in [2.45, 2.75) is 77.6 Å². The maximum Gasteiger partial charge on any atom is 0.237 e. The maximum absolute atomic E-state index is 13.5. The molecule has 39 heavy (non-hydrogen) atoms. The number of unbranched alkanes of at least 4 members (excludes halogenated alkanes) is 9. The van der Waals surface area contributed by atoms with Crippen molar-refractivity contribution in [1.82, 2.24) is 9.97 Å². The van der Waals surface area contributed by atoms with Crippen LogP contribution in [0.15, 0.2) is 73.1 Å². The number of nitrogens with one attached hydrogen (secondary N) is 2. The van der Waals surface area contributed by atoms with Crippen LogP contribution in [0.2, 0.25) is 0 Å². The van der Waals surface area contributed by atoms with Crippen LogP contribution in [0.5, 0.6) is 0 Å². The van der Waals surface area contributed by atoms with E-state index in [1.165, 1.54) is 44.9 Å². The molecule has 0 saturated heterocycles. The number of anilines is 2. The average Bonchev–Trinajstić information content (AvgIpc) is 2.96. The van der Waals surface area contributed by atoms with Crippen LogP contribution in [0, 0.1) is 5.92 Å². The van der Waals surface area contributed by atoms with Gasteiger partial charge in [0.05, 0.1) is 22.4 Å². The molecule has 0 spiro atoms. The molecule has 0 aliphatic carbocycles. The highest BCUT2D eigenvalue weighted by Crippen LogP contribution is 2.25. The molecular weight excluding hydrogens is 484 g/mol. The van der Waals surface area contributed by atoms with E-state index >= 15 is 0 Å². The SMILES string of the molecule is CCCCCCCCCCCCC(C(=O)Nc1cccc2cccnc12)C(=O)Nc1cccc2cccnc12. The van der Waals surface area contributed by atoms with Crippen LogP contribution in [0.25, 0.3) is 21.8 Å². The second kappa shape index (κ2) is 15.0. The third-order valence-electron chi connectivity index (χ3n) is 7.26. The van der Waals surface area contributed by atoms with E-state index in [1.54, 1.807) is 12.4 Å². The van der Waals surface area contributed by atoms with Gasteiger partial charge in [0.25, 0.3) is 0 Å². The van der Waals surface area contributed by atoms with Gasteiger partial charge in [-0.05, 0) is 30.7 Å². The molecule has 0 saturated carbocycles. The summed E-state index contributed by atoms with van der Waals surface area (Å²) in [6.07, 6.45) is 15.9. The molecule has 2 N–H and O–H groups in total. The Morgan fingerprint density at radius 3 is 1.54 bits per heavy atom. The van der Waals surface area contributed by atoms with Gasteiger partial charge in [0.2, 0.25) is 11.8 Å². The lowest BCUT2D eigenvalue weighted by molar-refractivity contribution is -0.129. The number of pyridine rings is 2. The second-order valence-corrected chi connectivity index (χ2v) is 10.3. The molecule has 2 aromatic carbocycles. The Morgan fingerprint density at radius 1 is 0.615 bits per heavy atom. The summed E-state index contributed by atoms with van der Waals surface area (Å²) in [5.41, 5.74) is 2.66. The first-order chi connectivity index (χ1) is 19.2. The predicted octanol–water partition coefficient (Wildman–Crippen LogP) is 8.29. The van der Waals surface area contributed by atoms with Gasteiger partial charge in [-0.3, -0.25) is 19.6 Å². The van der Waals surface area contributed by atoms with E-state index in [4.69, 9.17) is 0 Å². The van der Waals surface area contributed by atoms with Gasteiger partial charge in [-0.1, -0.05) is 108 Å². The number of hydrogen-bond acceptors (Lipinski definition) is 4. The molecule has 0 radical (unpaired) electrons. The zero-order chi connectivity index (χ0) is 27.3. The van der Waals surface area contributed by atoms with E-state index in [2.05, 4.69) is 27.5 Å². The highest BCUT2D eigenvalue weighted by Gasteiger charge is 2.27. The quantitative estimate of drug-likeness (QED) is 0.121. The fraction of sp³-hybridized carbons (Fsp3) is 0.394. The minimum absolute atomic E-state index is 0.310. The molecule has 6 nitrogen and oxygen atoms in total. The molecule has 0 unspecified atom stereocenters. The van der Waals surface area contributed by atoms with Crippen LogP contribution in [-0.4, -0.2) is 21.8 Å². The Bertz CT molecular complexity index is 1270. The summed E-state index contributed by atoms with van der Waals surface area (Å²) in [6, 6.07) is 19.0. The minimum Gasteiger partial charge on any atom is -0.324 e. The van der Waals surface area contributed by atoms with Crippen molar-refractivity contribution in [3.05, 3.63) is 73.1 Å². The van der Waals surface area contributed by atoms with Crippen molar-refractivity contribution in [2.75, 3.05) is 10.6 Å². The number of carbonyl (C=O) groups excluding carboxylic acids is 2. The molecule has 4 rings (SSSR count). The standard InChI is InChI=1S/C33H40N4O2/c1-2-3-4-5-6-7-8-9-10-11-20-27(32(38)36-28-21-12-16-25-18-14-23-34-30(25)28)33(39)37-29-22-13-17-26-19-15-24-35-31(26)29/h12-19,21-24,27H,2-11,20H2,1H3,(H,36,38)(H,37,39). The number of para-hydroxylation sites is 2. The van der Waals surface area contributed by atoms with Gasteiger partial charge in [0.1, 0.15) is 5.92 Å². The molecule has 0 aliphatic heterocycles. The van der Waals surface area contributed by atoms with Crippen LogP contribution in [0.1, 0.15) is 77.6 Å². The van der Waals surface area contributed by atoms with Crippen LogP contribution < -0.4 is 10.6 Å². The van der Waals surface area contributed by atoms with Crippen molar-refractivity contribution in [1.29, 1.82) is 0 Å². The van der Waals surface area contributed by atoms with Crippen molar-refractivity contribution in [2.24, 2.45) is 5.92 Å². The monoisotopic (exact) mass is 524 g/mol. The van der Waals surface area contributed by atoms with Gasteiger partial charge in [-0.2, -0.15) is 0 Å². The van der Waals surface area contributed by atoms with E-state index in [-0.39, 0.29) is 11.8 Å². The van der Waals surface area contributed by atoms with Crippen molar-refractivity contribution >= 4 is 45.0 Å². The van der Waals surface area contributed by atoms with Crippen molar-refractivity contribution in [3.63, 3.8) is 0 Å². The fourth-order valence-electron chi connectivity index (χ4n) is 5.07. The summed E-state index contributed by atoms with van der Waals surface area (Å²) in [5, 5.41) is 7.87. The van der Waals surface area contributed by atoms with Gasteiger partial charge in [-0.25, -0.2) is 0 Å². The number of carbonyl (C=O) groups is 2. The summed E-state index contributed by atoms with van der Waals surface area (Å²) >= 11 is 0. The van der Waals surface area contributed by atoms with Gasteiger partial charge in [0.15, 0.2) is 0 Å². The Kier molecular flexibility index (Phi) is 10.8. The molecule has 0 aliphatic rings. The van der Waals surface area contributed by atoms with Gasteiger partial charge in [0, 0.05) is 23.2 Å². The molecule has 2 aromatic heterocycles. The van der Waals surface area contributed by atoms with Gasteiger partial charge < -0.3 is 10.6 Å². The highest BCUT2D eigenvalue weighted by atomic mass is 16.2. The van der Waals surface area contributed by atoms with Crippen LogP contribution in [-0.2, 0) is 9.59 Å². The summed E-state index contributed by atoms with van der Waals surface area (Å²) in [4.78, 5) is 35.9. The number of aromatic nitrogens is 2. The van der Waals surface area contributed by atoms with E-state index < -0.39 is 5.92 Å². The maximum atomic E-state index is 13.5. The van der Waals surface area contributed by atoms with E-state index in [9.17, 15) is 9.59 Å². The summed E-state index contributed by atoms with van der Waals surface area (Å²) < 4.78 is 0. The first-order valence-electron chi connectivity index (χ1n) is 14.5. The molecule has 2 amide bonds. The van der Waals surface area contributed by atoms with Crippen LogP contribution >= 0.6 is 0 Å².